The minimum Gasteiger partial charge on any atom is -0.495 e. The first-order valence-corrected chi connectivity index (χ1v) is 5.45. The minimum atomic E-state index is -3.82. The molecule has 2 N–H and O–H groups in total. The molecule has 1 aromatic rings. The Morgan fingerprint density at radius 3 is 2.50 bits per heavy atom. The smallest absolute Gasteiger partial charge is 0.265 e. The zero-order valence-corrected chi connectivity index (χ0v) is 8.64. The standard InChI is InChI=1S/C8H8ClNO3S/c1-6(11)10-14(12,13)8-5-3-2-4-7(8)9/h2-5,10-11H,1H2. The topological polar surface area (TPSA) is 66.4 Å². The average Bonchev–Trinajstić information content (AvgIpc) is 2.02. The second-order valence-electron chi connectivity index (χ2n) is 2.48. The molecule has 0 fully saturated rings. The summed E-state index contributed by atoms with van der Waals surface area (Å²) < 4.78 is 24.7. The van der Waals surface area contributed by atoms with Crippen molar-refractivity contribution < 1.29 is 13.5 Å². The first-order valence-electron chi connectivity index (χ1n) is 3.59. The Morgan fingerprint density at radius 1 is 1.43 bits per heavy atom. The van der Waals surface area contributed by atoms with Crippen LogP contribution in [0.4, 0.5) is 0 Å². The van der Waals surface area contributed by atoms with E-state index in [-0.39, 0.29) is 9.92 Å². The Balaban J connectivity index is 3.17. The van der Waals surface area contributed by atoms with Gasteiger partial charge in [0, 0.05) is 0 Å². The summed E-state index contributed by atoms with van der Waals surface area (Å²) in [6.07, 6.45) is 0. The molecule has 4 nitrogen and oxygen atoms in total. The van der Waals surface area contributed by atoms with E-state index in [4.69, 9.17) is 16.7 Å². The van der Waals surface area contributed by atoms with Crippen LogP contribution in [-0.4, -0.2) is 13.5 Å². The van der Waals surface area contributed by atoms with Gasteiger partial charge in [-0.2, -0.15) is 0 Å². The molecule has 0 aliphatic rings. The lowest BCUT2D eigenvalue weighted by Crippen LogP contribution is -2.22. The van der Waals surface area contributed by atoms with Crippen molar-refractivity contribution in [3.63, 3.8) is 0 Å². The Kier molecular flexibility index (Phi) is 3.03. The number of halogens is 1. The predicted molar refractivity (Wildman–Crippen MR) is 53.5 cm³/mol. The molecule has 6 heteroatoms. The van der Waals surface area contributed by atoms with Crippen LogP contribution < -0.4 is 4.72 Å². The van der Waals surface area contributed by atoms with Crippen LogP contribution in [0.25, 0.3) is 0 Å². The summed E-state index contributed by atoms with van der Waals surface area (Å²) >= 11 is 5.66. The monoisotopic (exact) mass is 233 g/mol. The van der Waals surface area contributed by atoms with E-state index < -0.39 is 15.9 Å². The van der Waals surface area contributed by atoms with Gasteiger partial charge < -0.3 is 5.11 Å². The van der Waals surface area contributed by atoms with E-state index in [2.05, 4.69) is 6.58 Å². The summed E-state index contributed by atoms with van der Waals surface area (Å²) in [5.41, 5.74) is 0. The molecule has 1 rings (SSSR count). The lowest BCUT2D eigenvalue weighted by Gasteiger charge is -2.06. The van der Waals surface area contributed by atoms with Gasteiger partial charge in [-0.1, -0.05) is 23.7 Å². The predicted octanol–water partition coefficient (Wildman–Crippen LogP) is 1.65. The maximum Gasteiger partial charge on any atom is 0.265 e. The van der Waals surface area contributed by atoms with Crippen molar-refractivity contribution >= 4 is 21.6 Å². The van der Waals surface area contributed by atoms with Gasteiger partial charge in [0.1, 0.15) is 4.90 Å². The van der Waals surface area contributed by atoms with Crippen molar-refractivity contribution in [3.8, 4) is 0 Å². The van der Waals surface area contributed by atoms with Gasteiger partial charge in [-0.3, -0.25) is 4.72 Å². The van der Waals surface area contributed by atoms with Crippen molar-refractivity contribution in [1.82, 2.24) is 4.72 Å². The van der Waals surface area contributed by atoms with E-state index in [1.807, 2.05) is 4.72 Å². The number of rotatable bonds is 3. The third-order valence-corrected chi connectivity index (χ3v) is 3.26. The highest BCUT2D eigenvalue weighted by atomic mass is 35.5. The van der Waals surface area contributed by atoms with Crippen LogP contribution in [0.5, 0.6) is 0 Å². The molecule has 0 aliphatic heterocycles. The normalized spacial score (nSPS) is 10.9. The molecule has 0 aliphatic carbocycles. The van der Waals surface area contributed by atoms with Gasteiger partial charge in [0.2, 0.25) is 0 Å². The fraction of sp³-hybridized carbons (Fsp3) is 0. The Labute approximate surface area is 86.9 Å². The van der Waals surface area contributed by atoms with Gasteiger partial charge in [0.25, 0.3) is 10.0 Å². The van der Waals surface area contributed by atoms with Crippen molar-refractivity contribution in [2.24, 2.45) is 0 Å². The van der Waals surface area contributed by atoms with Crippen LogP contribution >= 0.6 is 11.6 Å². The van der Waals surface area contributed by atoms with Crippen molar-refractivity contribution in [3.05, 3.63) is 41.8 Å². The summed E-state index contributed by atoms with van der Waals surface area (Å²) in [6.45, 7) is 3.02. The number of hydrogen-bond acceptors (Lipinski definition) is 3. The Morgan fingerprint density at radius 2 is 2.00 bits per heavy atom. The lowest BCUT2D eigenvalue weighted by molar-refractivity contribution is 0.391. The summed E-state index contributed by atoms with van der Waals surface area (Å²) in [7, 11) is -3.82. The molecule has 0 bridgehead atoms. The fourth-order valence-corrected chi connectivity index (χ4v) is 2.32. The Bertz CT molecular complexity index is 455. The molecule has 0 unspecified atom stereocenters. The van der Waals surface area contributed by atoms with Gasteiger partial charge in [0.05, 0.1) is 5.02 Å². The molecule has 0 aromatic heterocycles. The van der Waals surface area contributed by atoms with E-state index in [0.29, 0.717) is 0 Å². The lowest BCUT2D eigenvalue weighted by atomic mass is 10.4. The molecule has 0 spiro atoms. The summed E-state index contributed by atoms with van der Waals surface area (Å²) in [5.74, 6) is -0.648. The summed E-state index contributed by atoms with van der Waals surface area (Å²) in [4.78, 5) is -0.100. The van der Waals surface area contributed by atoms with E-state index in [1.165, 1.54) is 18.2 Å². The molecule has 0 heterocycles. The molecule has 0 amide bonds. The highest BCUT2D eigenvalue weighted by Gasteiger charge is 2.17. The number of benzene rings is 1. The van der Waals surface area contributed by atoms with Gasteiger partial charge in [0.15, 0.2) is 5.88 Å². The first-order chi connectivity index (χ1) is 6.43. The maximum absolute atomic E-state index is 11.4. The number of nitrogens with one attached hydrogen (secondary N) is 1. The second-order valence-corrected chi connectivity index (χ2v) is 4.54. The third kappa shape index (κ3) is 2.40. The quantitative estimate of drug-likeness (QED) is 0.781. The molecule has 76 valence electrons. The SMILES string of the molecule is C=C(O)NS(=O)(=O)c1ccccc1Cl. The largest absolute Gasteiger partial charge is 0.495 e. The van der Waals surface area contributed by atoms with Gasteiger partial charge in [-0.15, -0.1) is 0 Å². The third-order valence-electron chi connectivity index (χ3n) is 1.38. The molecule has 0 saturated carbocycles. The van der Waals surface area contributed by atoms with E-state index >= 15 is 0 Å². The minimum absolute atomic E-state index is 0.0845. The number of aliphatic hydroxyl groups excluding tert-OH is 1. The van der Waals surface area contributed by atoms with Crippen LogP contribution in [0.3, 0.4) is 0 Å². The van der Waals surface area contributed by atoms with Gasteiger partial charge >= 0.3 is 0 Å². The second kappa shape index (κ2) is 3.89. The number of aliphatic hydroxyl groups is 1. The Hall–Kier alpha value is -1.20. The molecule has 0 radical (unpaired) electrons. The van der Waals surface area contributed by atoms with Crippen LogP contribution in [0, 0.1) is 0 Å². The average molecular weight is 234 g/mol. The highest BCUT2D eigenvalue weighted by Crippen LogP contribution is 2.20. The van der Waals surface area contributed by atoms with Crippen LogP contribution in [0.15, 0.2) is 41.6 Å². The van der Waals surface area contributed by atoms with Crippen molar-refractivity contribution in [2.75, 3.05) is 0 Å². The van der Waals surface area contributed by atoms with Gasteiger partial charge in [-0.25, -0.2) is 8.42 Å². The fourth-order valence-electron chi connectivity index (χ4n) is 0.873. The van der Waals surface area contributed by atoms with E-state index in [9.17, 15) is 8.42 Å². The zero-order chi connectivity index (χ0) is 10.8. The van der Waals surface area contributed by atoms with Crippen LogP contribution in [0.2, 0.25) is 5.02 Å². The van der Waals surface area contributed by atoms with Crippen molar-refractivity contribution in [2.45, 2.75) is 4.90 Å². The molecular formula is C8H8ClNO3S. The summed E-state index contributed by atoms with van der Waals surface area (Å²) in [6, 6.07) is 5.90. The van der Waals surface area contributed by atoms with E-state index in [0.717, 1.165) is 0 Å². The number of hydrogen-bond donors (Lipinski definition) is 2. The van der Waals surface area contributed by atoms with Crippen LogP contribution in [0.1, 0.15) is 0 Å². The van der Waals surface area contributed by atoms with E-state index in [1.54, 1.807) is 6.07 Å². The van der Waals surface area contributed by atoms with Gasteiger partial charge in [-0.05, 0) is 18.7 Å². The first kappa shape index (κ1) is 10.9. The molecule has 14 heavy (non-hydrogen) atoms. The van der Waals surface area contributed by atoms with Crippen molar-refractivity contribution in [1.29, 1.82) is 0 Å². The summed E-state index contributed by atoms with van der Waals surface area (Å²) in [5, 5.41) is 8.80. The van der Waals surface area contributed by atoms with Crippen LogP contribution in [-0.2, 0) is 10.0 Å². The molecule has 0 atom stereocenters. The number of sulfonamides is 1. The highest BCUT2D eigenvalue weighted by molar-refractivity contribution is 7.89. The molecule has 1 aromatic carbocycles. The molecular weight excluding hydrogens is 226 g/mol. The maximum atomic E-state index is 11.4. The zero-order valence-electron chi connectivity index (χ0n) is 7.07. The molecule has 0 saturated heterocycles.